The number of Topliss-reactive ketones (excluding diaryl/α,β-unsaturated/α-hetero) is 1. The van der Waals surface area contributed by atoms with Crippen LogP contribution in [0, 0.1) is 0 Å². The van der Waals surface area contributed by atoms with Crippen LogP contribution in [0.4, 0.5) is 5.69 Å². The van der Waals surface area contributed by atoms with E-state index in [1.54, 1.807) is 24.3 Å². The van der Waals surface area contributed by atoms with Crippen molar-refractivity contribution in [2.75, 3.05) is 11.1 Å². The van der Waals surface area contributed by atoms with E-state index in [-0.39, 0.29) is 17.4 Å². The average molecular weight is 407 g/mol. The molecule has 1 aromatic heterocycles. The molecular weight excluding hydrogens is 384 g/mol. The summed E-state index contributed by atoms with van der Waals surface area (Å²) < 4.78 is 2.13. The molecule has 1 saturated carbocycles. The molecule has 0 saturated heterocycles. The van der Waals surface area contributed by atoms with Crippen molar-refractivity contribution in [2.45, 2.75) is 37.4 Å². The molecule has 1 aliphatic rings. The largest absolute Gasteiger partial charge is 0.325 e. The zero-order valence-electron chi connectivity index (χ0n) is 16.2. The third kappa shape index (κ3) is 4.92. The lowest BCUT2D eigenvalue weighted by Gasteiger charge is -2.10. The van der Waals surface area contributed by atoms with E-state index in [2.05, 4.69) is 32.2 Å². The van der Waals surface area contributed by atoms with Gasteiger partial charge in [-0.25, -0.2) is 0 Å². The standard InChI is InChI=1S/C22H22N4O2S/c1-15(27)18-8-5-9-19(12-18)23-20(28)14-29-22-25-24-21(17-10-11-17)26(22)13-16-6-3-2-4-7-16/h2-9,12,17H,10-11,13-14H2,1H3,(H,23,28). The Balaban J connectivity index is 1.43. The molecule has 7 heteroatoms. The van der Waals surface area contributed by atoms with Crippen LogP contribution >= 0.6 is 11.8 Å². The van der Waals surface area contributed by atoms with Crippen LogP contribution in [-0.4, -0.2) is 32.2 Å². The molecule has 6 nitrogen and oxygen atoms in total. The highest BCUT2D eigenvalue weighted by atomic mass is 32.2. The summed E-state index contributed by atoms with van der Waals surface area (Å²) >= 11 is 1.38. The van der Waals surface area contributed by atoms with Gasteiger partial charge in [0, 0.05) is 17.2 Å². The summed E-state index contributed by atoms with van der Waals surface area (Å²) in [5.41, 5.74) is 2.38. The Morgan fingerprint density at radius 2 is 1.90 bits per heavy atom. The minimum Gasteiger partial charge on any atom is -0.325 e. The van der Waals surface area contributed by atoms with Crippen molar-refractivity contribution in [2.24, 2.45) is 0 Å². The zero-order chi connectivity index (χ0) is 20.2. The zero-order valence-corrected chi connectivity index (χ0v) is 17.0. The summed E-state index contributed by atoms with van der Waals surface area (Å²) in [6.07, 6.45) is 2.29. The number of amides is 1. The van der Waals surface area contributed by atoms with Crippen molar-refractivity contribution < 1.29 is 9.59 Å². The van der Waals surface area contributed by atoms with Gasteiger partial charge in [-0.1, -0.05) is 54.2 Å². The number of carbonyl (C=O) groups excluding carboxylic acids is 2. The molecule has 0 radical (unpaired) electrons. The monoisotopic (exact) mass is 406 g/mol. The molecule has 148 valence electrons. The highest BCUT2D eigenvalue weighted by Gasteiger charge is 2.30. The predicted molar refractivity (Wildman–Crippen MR) is 113 cm³/mol. The fraction of sp³-hybridized carbons (Fsp3) is 0.273. The first-order valence-corrected chi connectivity index (χ1v) is 10.6. The molecule has 1 heterocycles. The molecule has 0 aliphatic heterocycles. The van der Waals surface area contributed by atoms with Gasteiger partial charge >= 0.3 is 0 Å². The third-order valence-corrected chi connectivity index (χ3v) is 5.72. The number of hydrogen-bond acceptors (Lipinski definition) is 5. The molecule has 3 aromatic rings. The SMILES string of the molecule is CC(=O)c1cccc(NC(=O)CSc2nnc(C3CC3)n2Cc2ccccc2)c1. The first kappa shape index (κ1) is 19.4. The normalized spacial score (nSPS) is 13.3. The summed E-state index contributed by atoms with van der Waals surface area (Å²) in [4.78, 5) is 23.9. The lowest BCUT2D eigenvalue weighted by molar-refractivity contribution is -0.113. The quantitative estimate of drug-likeness (QED) is 0.449. The van der Waals surface area contributed by atoms with Crippen LogP contribution in [0.5, 0.6) is 0 Å². The second-order valence-electron chi connectivity index (χ2n) is 7.16. The summed E-state index contributed by atoms with van der Waals surface area (Å²) in [6.45, 7) is 2.21. The van der Waals surface area contributed by atoms with Crippen LogP contribution in [0.1, 0.15) is 47.4 Å². The molecule has 2 aromatic carbocycles. The summed E-state index contributed by atoms with van der Waals surface area (Å²) in [6, 6.07) is 17.2. The van der Waals surface area contributed by atoms with E-state index < -0.39 is 0 Å². The molecule has 1 fully saturated rings. The number of nitrogens with one attached hydrogen (secondary N) is 1. The number of benzene rings is 2. The molecule has 1 aliphatic carbocycles. The Bertz CT molecular complexity index is 1030. The topological polar surface area (TPSA) is 76.9 Å². The van der Waals surface area contributed by atoms with Gasteiger partial charge in [0.05, 0.1) is 12.3 Å². The number of ketones is 1. The molecule has 1 amide bonds. The van der Waals surface area contributed by atoms with Crippen LogP contribution in [0.3, 0.4) is 0 Å². The third-order valence-electron chi connectivity index (χ3n) is 4.76. The van der Waals surface area contributed by atoms with Crippen molar-refractivity contribution in [3.05, 3.63) is 71.5 Å². The number of hydrogen-bond donors (Lipinski definition) is 1. The van der Waals surface area contributed by atoms with Crippen molar-refractivity contribution in [3.63, 3.8) is 0 Å². The summed E-state index contributed by atoms with van der Waals surface area (Å²) in [5, 5.41) is 12.3. The number of carbonyl (C=O) groups is 2. The van der Waals surface area contributed by atoms with Gasteiger partial charge in [0.15, 0.2) is 10.9 Å². The predicted octanol–water partition coefficient (Wildman–Crippen LogP) is 4.14. The smallest absolute Gasteiger partial charge is 0.234 e. The maximum absolute atomic E-state index is 12.4. The van der Waals surface area contributed by atoms with Crippen molar-refractivity contribution >= 4 is 29.1 Å². The van der Waals surface area contributed by atoms with Gasteiger partial charge in [0.2, 0.25) is 5.91 Å². The summed E-state index contributed by atoms with van der Waals surface area (Å²) in [5.74, 6) is 1.53. The Morgan fingerprint density at radius 1 is 1.10 bits per heavy atom. The molecule has 0 spiro atoms. The second kappa shape index (κ2) is 8.61. The van der Waals surface area contributed by atoms with Gasteiger partial charge in [-0.2, -0.15) is 0 Å². The number of rotatable bonds is 8. The van der Waals surface area contributed by atoms with E-state index in [0.29, 0.717) is 23.7 Å². The molecular formula is C22H22N4O2S. The maximum Gasteiger partial charge on any atom is 0.234 e. The van der Waals surface area contributed by atoms with E-state index in [1.165, 1.54) is 24.2 Å². The molecule has 1 N–H and O–H groups in total. The van der Waals surface area contributed by atoms with Gasteiger partial charge in [0.1, 0.15) is 5.82 Å². The Kier molecular flexibility index (Phi) is 5.76. The van der Waals surface area contributed by atoms with Gasteiger partial charge < -0.3 is 9.88 Å². The van der Waals surface area contributed by atoms with Crippen LogP contribution in [0.15, 0.2) is 59.8 Å². The molecule has 0 bridgehead atoms. The number of anilines is 1. The van der Waals surface area contributed by atoms with Crippen LogP contribution in [0.2, 0.25) is 0 Å². The van der Waals surface area contributed by atoms with E-state index in [4.69, 9.17) is 0 Å². The maximum atomic E-state index is 12.4. The van der Waals surface area contributed by atoms with Crippen molar-refractivity contribution in [3.8, 4) is 0 Å². The van der Waals surface area contributed by atoms with Gasteiger partial charge in [-0.15, -0.1) is 10.2 Å². The lowest BCUT2D eigenvalue weighted by Crippen LogP contribution is -2.15. The van der Waals surface area contributed by atoms with E-state index in [1.807, 2.05) is 18.2 Å². The van der Waals surface area contributed by atoms with E-state index in [9.17, 15) is 9.59 Å². The number of thioether (sulfide) groups is 1. The molecule has 4 rings (SSSR count). The Morgan fingerprint density at radius 3 is 2.62 bits per heavy atom. The van der Waals surface area contributed by atoms with Crippen molar-refractivity contribution in [1.29, 1.82) is 0 Å². The highest BCUT2D eigenvalue weighted by Crippen LogP contribution is 2.40. The number of nitrogens with zero attached hydrogens (tertiary/aromatic N) is 3. The van der Waals surface area contributed by atoms with Crippen LogP contribution in [-0.2, 0) is 11.3 Å². The Labute approximate surface area is 173 Å². The fourth-order valence-electron chi connectivity index (χ4n) is 3.11. The second-order valence-corrected chi connectivity index (χ2v) is 8.10. The minimum atomic E-state index is -0.141. The van der Waals surface area contributed by atoms with Gasteiger partial charge in [-0.05, 0) is 37.5 Å². The first-order valence-electron chi connectivity index (χ1n) is 9.61. The number of aromatic nitrogens is 3. The van der Waals surface area contributed by atoms with E-state index in [0.717, 1.165) is 23.8 Å². The molecule has 29 heavy (non-hydrogen) atoms. The highest BCUT2D eigenvalue weighted by molar-refractivity contribution is 7.99. The van der Waals surface area contributed by atoms with Crippen molar-refractivity contribution in [1.82, 2.24) is 14.8 Å². The average Bonchev–Trinajstić information content (AvgIpc) is 3.49. The van der Waals surface area contributed by atoms with Gasteiger partial charge in [-0.3, -0.25) is 9.59 Å². The lowest BCUT2D eigenvalue weighted by atomic mass is 10.1. The van der Waals surface area contributed by atoms with Gasteiger partial charge in [0.25, 0.3) is 0 Å². The summed E-state index contributed by atoms with van der Waals surface area (Å²) in [7, 11) is 0. The molecule has 0 unspecified atom stereocenters. The fourth-order valence-corrected chi connectivity index (χ4v) is 3.85. The first-order chi connectivity index (χ1) is 14.1. The minimum absolute atomic E-state index is 0.0305. The van der Waals surface area contributed by atoms with E-state index >= 15 is 0 Å². The van der Waals surface area contributed by atoms with Crippen LogP contribution in [0.25, 0.3) is 0 Å². The Hall–Kier alpha value is -2.93. The van der Waals surface area contributed by atoms with Crippen LogP contribution < -0.4 is 5.32 Å². The molecule has 0 atom stereocenters.